The number of nitrogens with two attached hydrogens (primary N) is 1. The molecule has 2 saturated heterocycles. The number of piperidine rings is 1. The van der Waals surface area contributed by atoms with Crippen LogP contribution >= 0.6 is 0 Å². The van der Waals surface area contributed by atoms with Crippen LogP contribution in [0.15, 0.2) is 36.5 Å². The molecule has 168 valence electrons. The zero-order valence-electron chi connectivity index (χ0n) is 18.4. The van der Waals surface area contributed by atoms with Crippen LogP contribution in [0.4, 0.5) is 0 Å². The normalized spacial score (nSPS) is 32.3. The Hall–Kier alpha value is -2.28. The van der Waals surface area contributed by atoms with Crippen molar-refractivity contribution in [3.63, 3.8) is 0 Å². The number of aromatic nitrogens is 1. The maximum Gasteiger partial charge on any atom is 0.250 e. The molecular weight excluding hydrogens is 402 g/mol. The summed E-state index contributed by atoms with van der Waals surface area (Å²) in [5, 5.41) is 9.80. The van der Waals surface area contributed by atoms with E-state index in [1.54, 1.807) is 0 Å². The minimum absolute atomic E-state index is 0.189. The number of ether oxygens (including phenoxy) is 1. The van der Waals surface area contributed by atoms with Crippen LogP contribution in [0.1, 0.15) is 59.6 Å². The number of fused-ring (bicyclic) bond motifs is 1. The molecule has 6 nitrogen and oxygen atoms in total. The van der Waals surface area contributed by atoms with Gasteiger partial charge in [0.05, 0.1) is 36.6 Å². The second-order valence-corrected chi connectivity index (χ2v) is 10.3. The van der Waals surface area contributed by atoms with E-state index < -0.39 is 5.91 Å². The van der Waals surface area contributed by atoms with Crippen LogP contribution in [0.3, 0.4) is 0 Å². The van der Waals surface area contributed by atoms with E-state index in [1.807, 2.05) is 12.3 Å². The Morgan fingerprint density at radius 1 is 1.12 bits per heavy atom. The number of benzene rings is 1. The molecule has 6 rings (SSSR count). The molecule has 2 atom stereocenters. The lowest BCUT2D eigenvalue weighted by molar-refractivity contribution is -0.0610. The fourth-order valence-electron chi connectivity index (χ4n) is 6.18. The van der Waals surface area contributed by atoms with Gasteiger partial charge in [-0.15, -0.1) is 0 Å². The smallest absolute Gasteiger partial charge is 0.250 e. The van der Waals surface area contributed by atoms with Gasteiger partial charge in [0, 0.05) is 36.2 Å². The number of aliphatic hydroxyl groups excluding tert-OH is 1. The molecule has 6 heteroatoms. The number of nitrogens with zero attached hydrogens (tertiary/aromatic N) is 2. The van der Waals surface area contributed by atoms with Gasteiger partial charge < -0.3 is 15.6 Å². The molecule has 2 unspecified atom stereocenters. The largest absolute Gasteiger partial charge is 0.393 e. The molecular formula is C26H31N3O3. The van der Waals surface area contributed by atoms with E-state index >= 15 is 0 Å². The molecule has 0 spiro atoms. The van der Waals surface area contributed by atoms with E-state index in [0.717, 1.165) is 68.2 Å². The van der Waals surface area contributed by atoms with Crippen LogP contribution in [0.5, 0.6) is 0 Å². The van der Waals surface area contributed by atoms with E-state index in [4.69, 9.17) is 15.5 Å². The second-order valence-electron chi connectivity index (χ2n) is 10.3. The van der Waals surface area contributed by atoms with Crippen molar-refractivity contribution in [1.29, 1.82) is 0 Å². The minimum Gasteiger partial charge on any atom is -0.393 e. The summed E-state index contributed by atoms with van der Waals surface area (Å²) in [4.78, 5) is 19.5. The molecule has 1 aromatic carbocycles. The summed E-state index contributed by atoms with van der Waals surface area (Å²) in [7, 11) is 0. The van der Waals surface area contributed by atoms with E-state index in [2.05, 4.69) is 29.2 Å². The standard InChI is InChI=1S/C26H31N3O3/c27-25(31)23-9-18(11-28-24(23)17-3-7-22(30)8-4-17)16-1-5-19(6-2-16)26-10-20(26)12-29(15-26)21-13-32-14-21/h1-2,5-6,9,11,17,20-22,30H,3-4,7-8,10,12-15H2,(H2,27,31). The number of pyridine rings is 1. The number of aliphatic hydroxyl groups is 1. The van der Waals surface area contributed by atoms with Crippen LogP contribution in [0.2, 0.25) is 0 Å². The zero-order chi connectivity index (χ0) is 21.9. The van der Waals surface area contributed by atoms with Gasteiger partial charge in [-0.05, 0) is 55.2 Å². The Balaban J connectivity index is 1.22. The van der Waals surface area contributed by atoms with E-state index in [9.17, 15) is 9.90 Å². The number of amides is 1. The van der Waals surface area contributed by atoms with Gasteiger partial charge in [0.15, 0.2) is 0 Å². The molecule has 4 fully saturated rings. The predicted molar refractivity (Wildman–Crippen MR) is 121 cm³/mol. The first kappa shape index (κ1) is 20.3. The molecule has 3 N–H and O–H groups in total. The molecule has 32 heavy (non-hydrogen) atoms. The second kappa shape index (κ2) is 7.65. The molecule has 2 aliphatic heterocycles. The van der Waals surface area contributed by atoms with E-state index in [0.29, 0.717) is 17.0 Å². The maximum absolute atomic E-state index is 12.2. The van der Waals surface area contributed by atoms with Crippen molar-refractivity contribution in [2.45, 2.75) is 55.6 Å². The number of primary amides is 1. The minimum atomic E-state index is -0.428. The zero-order valence-corrected chi connectivity index (χ0v) is 18.4. The van der Waals surface area contributed by atoms with Gasteiger partial charge in [-0.1, -0.05) is 24.3 Å². The SMILES string of the molecule is NC(=O)c1cc(-c2ccc(C34CC3CN(C3COC3)C4)cc2)cnc1C1CCC(O)CC1. The van der Waals surface area contributed by atoms with Gasteiger partial charge >= 0.3 is 0 Å². The average Bonchev–Trinajstić information content (AvgIpc) is 3.34. The Labute approximate surface area is 188 Å². The third kappa shape index (κ3) is 3.36. The highest BCUT2D eigenvalue weighted by atomic mass is 16.5. The Morgan fingerprint density at radius 2 is 1.88 bits per heavy atom. The molecule has 2 saturated carbocycles. The number of carbonyl (C=O) groups excluding carboxylic acids is 1. The van der Waals surface area contributed by atoms with Crippen LogP contribution in [0.25, 0.3) is 11.1 Å². The lowest BCUT2D eigenvalue weighted by Gasteiger charge is -2.36. The Morgan fingerprint density at radius 3 is 2.53 bits per heavy atom. The van der Waals surface area contributed by atoms with Gasteiger partial charge in [-0.3, -0.25) is 14.7 Å². The summed E-state index contributed by atoms with van der Waals surface area (Å²) in [6.07, 6.45) is 6.11. The van der Waals surface area contributed by atoms with Gasteiger partial charge in [0.2, 0.25) is 0 Å². The topological polar surface area (TPSA) is 88.7 Å². The molecule has 4 aliphatic rings. The molecule has 0 radical (unpaired) electrons. The molecule has 1 amide bonds. The van der Waals surface area contributed by atoms with Crippen molar-refractivity contribution in [3.8, 4) is 11.1 Å². The monoisotopic (exact) mass is 433 g/mol. The number of likely N-dealkylation sites (tertiary alicyclic amines) is 1. The number of hydrogen-bond donors (Lipinski definition) is 2. The quantitative estimate of drug-likeness (QED) is 0.757. The number of rotatable bonds is 5. The van der Waals surface area contributed by atoms with Gasteiger partial charge in [0.1, 0.15) is 0 Å². The summed E-state index contributed by atoms with van der Waals surface area (Å²) in [5.41, 5.74) is 10.8. The third-order valence-corrected chi connectivity index (χ3v) is 8.37. The van der Waals surface area contributed by atoms with Crippen molar-refractivity contribution in [2.24, 2.45) is 11.7 Å². The van der Waals surface area contributed by atoms with Gasteiger partial charge in [-0.25, -0.2) is 0 Å². The average molecular weight is 434 g/mol. The highest BCUT2D eigenvalue weighted by molar-refractivity contribution is 5.95. The Bertz CT molecular complexity index is 1030. The lowest BCUT2D eigenvalue weighted by atomic mass is 9.83. The summed E-state index contributed by atoms with van der Waals surface area (Å²) < 4.78 is 5.39. The van der Waals surface area contributed by atoms with Gasteiger partial charge in [-0.2, -0.15) is 0 Å². The van der Waals surface area contributed by atoms with E-state index in [1.165, 1.54) is 18.5 Å². The first-order chi connectivity index (χ1) is 15.5. The molecule has 0 bridgehead atoms. The highest BCUT2D eigenvalue weighted by Crippen LogP contribution is 2.59. The van der Waals surface area contributed by atoms with Gasteiger partial charge in [0.25, 0.3) is 5.91 Å². The Kier molecular flexibility index (Phi) is 4.86. The molecule has 2 aromatic rings. The highest BCUT2D eigenvalue weighted by Gasteiger charge is 2.61. The molecule has 3 heterocycles. The van der Waals surface area contributed by atoms with Crippen molar-refractivity contribution in [1.82, 2.24) is 9.88 Å². The van der Waals surface area contributed by atoms with Crippen LogP contribution in [-0.4, -0.2) is 59.3 Å². The maximum atomic E-state index is 12.2. The lowest BCUT2D eigenvalue weighted by Crippen LogP contribution is -2.49. The van der Waals surface area contributed by atoms with Crippen molar-refractivity contribution >= 4 is 5.91 Å². The fourth-order valence-corrected chi connectivity index (χ4v) is 6.18. The van der Waals surface area contributed by atoms with Crippen molar-refractivity contribution in [3.05, 3.63) is 53.3 Å². The fraction of sp³-hybridized carbons (Fsp3) is 0.538. The van der Waals surface area contributed by atoms with Crippen LogP contribution in [0, 0.1) is 5.92 Å². The molecule has 1 aromatic heterocycles. The third-order valence-electron chi connectivity index (χ3n) is 8.37. The van der Waals surface area contributed by atoms with Crippen molar-refractivity contribution in [2.75, 3.05) is 26.3 Å². The van der Waals surface area contributed by atoms with Crippen LogP contribution < -0.4 is 5.73 Å². The predicted octanol–water partition coefficient (Wildman–Crippen LogP) is 2.84. The molecule has 2 aliphatic carbocycles. The summed E-state index contributed by atoms with van der Waals surface area (Å²) in [5.74, 6) is 0.530. The summed E-state index contributed by atoms with van der Waals surface area (Å²) in [6, 6.07) is 11.4. The van der Waals surface area contributed by atoms with Crippen LogP contribution in [-0.2, 0) is 10.2 Å². The first-order valence-electron chi connectivity index (χ1n) is 11.9. The summed E-state index contributed by atoms with van der Waals surface area (Å²) in [6.45, 7) is 4.10. The summed E-state index contributed by atoms with van der Waals surface area (Å²) >= 11 is 0. The van der Waals surface area contributed by atoms with Crippen molar-refractivity contribution < 1.29 is 14.6 Å². The van der Waals surface area contributed by atoms with E-state index in [-0.39, 0.29) is 12.0 Å². The number of carbonyl (C=O) groups is 1. The first-order valence-corrected chi connectivity index (χ1v) is 11.9. The number of hydrogen-bond acceptors (Lipinski definition) is 5.